The summed E-state index contributed by atoms with van der Waals surface area (Å²) >= 11 is 0. The van der Waals surface area contributed by atoms with Crippen LogP contribution in [0.5, 0.6) is 0 Å². The second-order valence-electron chi connectivity index (χ2n) is 13.5. The highest BCUT2D eigenvalue weighted by atomic mass is 16.5. The third-order valence-electron chi connectivity index (χ3n) is 9.48. The van der Waals surface area contributed by atoms with Gasteiger partial charge >= 0.3 is 5.97 Å². The second kappa shape index (κ2) is 24.4. The zero-order valence-corrected chi connectivity index (χ0v) is 27.7. The molecule has 2 aliphatic rings. The van der Waals surface area contributed by atoms with Crippen molar-refractivity contribution in [3.63, 3.8) is 0 Å². The van der Waals surface area contributed by atoms with Crippen LogP contribution >= 0.6 is 0 Å². The summed E-state index contributed by atoms with van der Waals surface area (Å²) in [5, 5.41) is 21.2. The summed E-state index contributed by atoms with van der Waals surface area (Å²) in [5.41, 5.74) is 0.877. The van der Waals surface area contributed by atoms with Gasteiger partial charge in [-0.25, -0.2) is 4.79 Å². The van der Waals surface area contributed by atoms with Crippen LogP contribution in [0.3, 0.4) is 0 Å². The van der Waals surface area contributed by atoms with Gasteiger partial charge < -0.3 is 19.7 Å². The lowest BCUT2D eigenvalue weighted by molar-refractivity contribution is -0.139. The number of aliphatic hydroxyl groups excluding tert-OH is 2. The number of ether oxygens (including phenoxy) is 2. The van der Waals surface area contributed by atoms with Crippen LogP contribution in [0.25, 0.3) is 0 Å². The van der Waals surface area contributed by atoms with Crippen molar-refractivity contribution in [1.82, 2.24) is 0 Å². The third kappa shape index (κ3) is 17.4. The fourth-order valence-corrected chi connectivity index (χ4v) is 6.72. The topological polar surface area (TPSA) is 76.0 Å². The van der Waals surface area contributed by atoms with E-state index in [0.717, 1.165) is 56.9 Å². The van der Waals surface area contributed by atoms with Crippen LogP contribution in [0.1, 0.15) is 187 Å². The SMILES string of the molecule is CCCCCCCCCCCC[C@@H](O)[C@H]1CC[C@@H]([C@@H](O)CCCCCCCCCCCCCCC2=CC(C)OC2=O)O1. The van der Waals surface area contributed by atoms with Crippen molar-refractivity contribution < 1.29 is 24.5 Å². The van der Waals surface area contributed by atoms with Crippen LogP contribution in [0.15, 0.2) is 11.6 Å². The zero-order chi connectivity index (χ0) is 30.3. The molecule has 2 aliphatic heterocycles. The Hall–Kier alpha value is -0.910. The molecule has 0 aliphatic carbocycles. The minimum Gasteiger partial charge on any atom is -0.455 e. The summed E-state index contributed by atoms with van der Waals surface area (Å²) in [6.45, 7) is 4.19. The molecule has 0 amide bonds. The lowest BCUT2D eigenvalue weighted by Crippen LogP contribution is -2.31. The number of rotatable bonds is 28. The van der Waals surface area contributed by atoms with E-state index < -0.39 is 0 Å². The largest absolute Gasteiger partial charge is 0.455 e. The molecule has 0 spiro atoms. The number of unbranched alkanes of at least 4 members (excludes halogenated alkanes) is 20. The van der Waals surface area contributed by atoms with Gasteiger partial charge in [-0.1, -0.05) is 142 Å². The molecular formula is C37H68O5. The Bertz CT molecular complexity index is 692. The van der Waals surface area contributed by atoms with Crippen molar-refractivity contribution in [2.75, 3.05) is 0 Å². The molecule has 0 aromatic heterocycles. The Morgan fingerprint density at radius 1 is 0.643 bits per heavy atom. The summed E-state index contributed by atoms with van der Waals surface area (Å²) in [6, 6.07) is 0. The predicted molar refractivity (Wildman–Crippen MR) is 175 cm³/mol. The average molecular weight is 593 g/mol. The maximum Gasteiger partial charge on any atom is 0.334 e. The zero-order valence-electron chi connectivity index (χ0n) is 27.7. The molecule has 246 valence electrons. The molecule has 0 radical (unpaired) electrons. The smallest absolute Gasteiger partial charge is 0.334 e. The lowest BCUT2D eigenvalue weighted by Gasteiger charge is -2.22. The fourth-order valence-electron chi connectivity index (χ4n) is 6.72. The van der Waals surface area contributed by atoms with Gasteiger partial charge in [0, 0.05) is 5.57 Å². The Balaban J connectivity index is 1.32. The molecule has 1 saturated heterocycles. The maximum atomic E-state index is 11.6. The highest BCUT2D eigenvalue weighted by Crippen LogP contribution is 2.28. The molecule has 5 heteroatoms. The fraction of sp³-hybridized carbons (Fsp3) is 0.919. The van der Waals surface area contributed by atoms with Gasteiger partial charge in [0.05, 0.1) is 24.4 Å². The molecule has 0 saturated carbocycles. The van der Waals surface area contributed by atoms with Crippen molar-refractivity contribution in [2.45, 2.75) is 218 Å². The molecule has 0 bridgehead atoms. The first-order chi connectivity index (χ1) is 20.5. The summed E-state index contributed by atoms with van der Waals surface area (Å²) in [7, 11) is 0. The lowest BCUT2D eigenvalue weighted by atomic mass is 10.00. The number of carbonyl (C=O) groups is 1. The van der Waals surface area contributed by atoms with Crippen LogP contribution in [0.2, 0.25) is 0 Å². The van der Waals surface area contributed by atoms with E-state index in [9.17, 15) is 15.0 Å². The van der Waals surface area contributed by atoms with E-state index in [1.807, 2.05) is 13.0 Å². The molecule has 5 atom stereocenters. The van der Waals surface area contributed by atoms with Crippen LogP contribution < -0.4 is 0 Å². The van der Waals surface area contributed by atoms with Gasteiger partial charge in [0.15, 0.2) is 0 Å². The Labute approximate surface area is 259 Å². The molecule has 0 aromatic carbocycles. The van der Waals surface area contributed by atoms with Crippen molar-refractivity contribution >= 4 is 5.97 Å². The first-order valence-corrected chi connectivity index (χ1v) is 18.4. The van der Waals surface area contributed by atoms with E-state index in [2.05, 4.69) is 6.92 Å². The van der Waals surface area contributed by atoms with Gasteiger partial charge in [-0.15, -0.1) is 0 Å². The average Bonchev–Trinajstić information content (AvgIpc) is 3.60. The first-order valence-electron chi connectivity index (χ1n) is 18.4. The minimum absolute atomic E-state index is 0.0387. The summed E-state index contributed by atoms with van der Waals surface area (Å²) < 4.78 is 11.3. The number of cyclic esters (lactones) is 1. The molecule has 1 fully saturated rings. The number of aliphatic hydroxyl groups is 2. The highest BCUT2D eigenvalue weighted by Gasteiger charge is 2.34. The number of hydrogen-bond acceptors (Lipinski definition) is 5. The number of hydrogen-bond donors (Lipinski definition) is 2. The Morgan fingerprint density at radius 2 is 1.02 bits per heavy atom. The van der Waals surface area contributed by atoms with Crippen LogP contribution in [-0.4, -0.2) is 46.7 Å². The normalized spacial score (nSPS) is 22.0. The summed E-state index contributed by atoms with van der Waals surface area (Å²) in [4.78, 5) is 11.6. The van der Waals surface area contributed by atoms with Crippen LogP contribution in [-0.2, 0) is 14.3 Å². The van der Waals surface area contributed by atoms with Gasteiger partial charge in [0.1, 0.15) is 6.10 Å². The van der Waals surface area contributed by atoms with Crippen molar-refractivity contribution in [3.05, 3.63) is 11.6 Å². The summed E-state index contributed by atoms with van der Waals surface area (Å²) in [6.07, 6.45) is 33.4. The monoisotopic (exact) mass is 593 g/mol. The highest BCUT2D eigenvalue weighted by molar-refractivity contribution is 5.90. The quantitative estimate of drug-likeness (QED) is 0.0698. The van der Waals surface area contributed by atoms with Crippen molar-refractivity contribution in [1.29, 1.82) is 0 Å². The molecule has 0 aromatic rings. The molecule has 2 rings (SSSR count). The van der Waals surface area contributed by atoms with E-state index >= 15 is 0 Å². The maximum absolute atomic E-state index is 11.6. The Morgan fingerprint density at radius 3 is 1.40 bits per heavy atom. The van der Waals surface area contributed by atoms with Crippen LogP contribution in [0, 0.1) is 0 Å². The van der Waals surface area contributed by atoms with E-state index in [4.69, 9.17) is 9.47 Å². The van der Waals surface area contributed by atoms with Gasteiger partial charge in [-0.2, -0.15) is 0 Å². The van der Waals surface area contributed by atoms with Crippen molar-refractivity contribution in [2.24, 2.45) is 0 Å². The number of esters is 1. The molecule has 1 unspecified atom stereocenters. The first kappa shape index (κ1) is 37.3. The minimum atomic E-state index is -0.383. The predicted octanol–water partition coefficient (Wildman–Crippen LogP) is 9.90. The molecule has 42 heavy (non-hydrogen) atoms. The molecular weight excluding hydrogens is 524 g/mol. The van der Waals surface area contributed by atoms with Gasteiger partial charge in [-0.3, -0.25) is 0 Å². The van der Waals surface area contributed by atoms with Gasteiger partial charge in [-0.05, 0) is 51.5 Å². The molecule has 2 N–H and O–H groups in total. The van der Waals surface area contributed by atoms with E-state index in [-0.39, 0.29) is 36.5 Å². The molecule has 5 nitrogen and oxygen atoms in total. The van der Waals surface area contributed by atoms with Gasteiger partial charge in [0.25, 0.3) is 0 Å². The van der Waals surface area contributed by atoms with Gasteiger partial charge in [0.2, 0.25) is 0 Å². The van der Waals surface area contributed by atoms with E-state index in [0.29, 0.717) is 0 Å². The molecule has 2 heterocycles. The van der Waals surface area contributed by atoms with Crippen molar-refractivity contribution in [3.8, 4) is 0 Å². The van der Waals surface area contributed by atoms with E-state index in [1.165, 1.54) is 122 Å². The summed E-state index contributed by atoms with van der Waals surface area (Å²) in [5.74, 6) is -0.111. The number of carbonyl (C=O) groups excluding carboxylic acids is 1. The van der Waals surface area contributed by atoms with E-state index in [1.54, 1.807) is 0 Å². The third-order valence-corrected chi connectivity index (χ3v) is 9.48. The standard InChI is InChI=1S/C37H68O5/c1-3-4-5-6-7-8-14-17-20-23-26-33(38)35-28-29-36(42-35)34(39)27-24-21-18-15-12-10-9-11-13-16-19-22-25-32-30-31(2)41-37(32)40/h30-31,33-36,38-39H,3-29H2,1-2H3/t31?,33-,34+,35-,36+/m1/s1. The second-order valence-corrected chi connectivity index (χ2v) is 13.5. The Kier molecular flexibility index (Phi) is 21.7. The van der Waals surface area contributed by atoms with Crippen LogP contribution in [0.4, 0.5) is 0 Å².